The van der Waals surface area contributed by atoms with Crippen LogP contribution in [0.2, 0.25) is 0 Å². The number of amides is 1. The lowest BCUT2D eigenvalue weighted by Gasteiger charge is -2.24. The number of rotatable bonds is 9. The number of anilines is 2. The lowest BCUT2D eigenvalue weighted by molar-refractivity contribution is -0.305. The minimum Gasteiger partial charge on any atom is -0.550 e. The first-order valence-electron chi connectivity index (χ1n) is 7.80. The molecule has 0 radical (unpaired) electrons. The molecule has 1 rings (SSSR count). The lowest BCUT2D eigenvalue weighted by Crippen LogP contribution is -2.43. The van der Waals surface area contributed by atoms with Gasteiger partial charge in [0.2, 0.25) is 5.91 Å². The van der Waals surface area contributed by atoms with Gasteiger partial charge in [-0.3, -0.25) is 19.1 Å². The van der Waals surface area contributed by atoms with Gasteiger partial charge in [0.05, 0.1) is 6.61 Å². The van der Waals surface area contributed by atoms with Crippen LogP contribution in [0.4, 0.5) is 11.5 Å². The first kappa shape index (κ1) is 20.4. The van der Waals surface area contributed by atoms with Gasteiger partial charge in [0.15, 0.2) is 5.69 Å². The van der Waals surface area contributed by atoms with Crippen LogP contribution in [0.15, 0.2) is 9.59 Å². The number of nitrogens with two attached hydrogens (primary N) is 1. The van der Waals surface area contributed by atoms with Crippen LogP contribution in [0, 0.1) is 5.92 Å². The third kappa shape index (κ3) is 5.45. The fourth-order valence-corrected chi connectivity index (χ4v) is 2.27. The van der Waals surface area contributed by atoms with E-state index in [1.165, 1.54) is 11.7 Å². The van der Waals surface area contributed by atoms with E-state index in [4.69, 9.17) is 10.5 Å². The molecule has 0 aromatic carbocycles. The number of nitrogen functional groups attached to an aromatic ring is 1. The maximum atomic E-state index is 12.4. The molecule has 1 aromatic rings. The van der Waals surface area contributed by atoms with Crippen LogP contribution in [0.1, 0.15) is 26.7 Å². The molecule has 0 bridgehead atoms. The fraction of sp³-hybridized carbons (Fsp3) is 0.600. The standard InChI is InChI=1S/C15H24N4O6/c1-9(2)8-19-13(16)12(14(23)17-15(19)24)18(6-7-25-3)10(20)4-5-11(21)22/h9H,4-8,16H2,1-3H3,(H,21,22)(H,17,23,24)/p-1. The summed E-state index contributed by atoms with van der Waals surface area (Å²) < 4.78 is 6.10. The summed E-state index contributed by atoms with van der Waals surface area (Å²) in [5.41, 5.74) is 4.29. The Morgan fingerprint density at radius 1 is 1.32 bits per heavy atom. The Labute approximate surface area is 144 Å². The molecule has 10 heteroatoms. The van der Waals surface area contributed by atoms with Crippen molar-refractivity contribution in [1.29, 1.82) is 0 Å². The molecule has 0 saturated heterocycles. The van der Waals surface area contributed by atoms with E-state index in [2.05, 4.69) is 4.98 Å². The largest absolute Gasteiger partial charge is 0.550 e. The second-order valence-corrected chi connectivity index (χ2v) is 5.91. The van der Waals surface area contributed by atoms with E-state index >= 15 is 0 Å². The van der Waals surface area contributed by atoms with Gasteiger partial charge in [-0.1, -0.05) is 13.8 Å². The summed E-state index contributed by atoms with van der Waals surface area (Å²) in [6.45, 7) is 4.06. The van der Waals surface area contributed by atoms with Crippen molar-refractivity contribution in [3.63, 3.8) is 0 Å². The van der Waals surface area contributed by atoms with Gasteiger partial charge in [-0.05, 0) is 12.3 Å². The third-order valence-corrected chi connectivity index (χ3v) is 3.39. The first-order valence-corrected chi connectivity index (χ1v) is 7.80. The van der Waals surface area contributed by atoms with Crippen molar-refractivity contribution in [3.05, 3.63) is 20.8 Å². The number of hydrogen-bond donors (Lipinski definition) is 2. The summed E-state index contributed by atoms with van der Waals surface area (Å²) in [7, 11) is 1.41. The minimum absolute atomic E-state index is 0.0183. The molecule has 0 aliphatic carbocycles. The number of aromatic amines is 1. The number of ether oxygens (including phenoxy) is 1. The van der Waals surface area contributed by atoms with Gasteiger partial charge >= 0.3 is 5.69 Å². The number of nitrogens with one attached hydrogen (secondary N) is 1. The second kappa shape index (κ2) is 9.02. The van der Waals surface area contributed by atoms with Crippen LogP contribution in [-0.2, 0) is 20.9 Å². The number of carbonyl (C=O) groups is 2. The fourth-order valence-electron chi connectivity index (χ4n) is 2.27. The number of aromatic nitrogens is 2. The molecule has 3 N–H and O–H groups in total. The van der Waals surface area contributed by atoms with Crippen LogP contribution >= 0.6 is 0 Å². The van der Waals surface area contributed by atoms with E-state index < -0.39 is 29.5 Å². The normalized spacial score (nSPS) is 10.9. The van der Waals surface area contributed by atoms with E-state index in [0.717, 1.165) is 4.90 Å². The molecule has 0 fully saturated rings. The van der Waals surface area contributed by atoms with Crippen LogP contribution in [0.3, 0.4) is 0 Å². The summed E-state index contributed by atoms with van der Waals surface area (Å²) >= 11 is 0. The van der Waals surface area contributed by atoms with Gasteiger partial charge in [-0.25, -0.2) is 4.79 Å². The molecule has 0 atom stereocenters. The van der Waals surface area contributed by atoms with E-state index in [0.29, 0.717) is 0 Å². The van der Waals surface area contributed by atoms with Crippen molar-refractivity contribution in [1.82, 2.24) is 9.55 Å². The van der Waals surface area contributed by atoms with Crippen molar-refractivity contribution >= 4 is 23.4 Å². The maximum absolute atomic E-state index is 12.4. The summed E-state index contributed by atoms with van der Waals surface area (Å²) in [5.74, 6) is -2.10. The zero-order valence-corrected chi connectivity index (χ0v) is 14.5. The molecule has 0 saturated carbocycles. The number of H-pyrrole nitrogens is 1. The quantitative estimate of drug-likeness (QED) is 0.535. The number of carboxylic acids is 1. The minimum atomic E-state index is -1.38. The van der Waals surface area contributed by atoms with Crippen LogP contribution in [-0.4, -0.2) is 41.7 Å². The molecule has 0 unspecified atom stereocenters. The van der Waals surface area contributed by atoms with Gasteiger partial charge < -0.3 is 25.3 Å². The van der Waals surface area contributed by atoms with Crippen molar-refractivity contribution in [2.24, 2.45) is 5.92 Å². The van der Waals surface area contributed by atoms with Gasteiger partial charge in [-0.15, -0.1) is 0 Å². The Kier molecular flexibility index (Phi) is 7.37. The third-order valence-electron chi connectivity index (χ3n) is 3.39. The van der Waals surface area contributed by atoms with Crippen molar-refractivity contribution in [3.8, 4) is 0 Å². The first-order chi connectivity index (χ1) is 11.7. The average molecular weight is 355 g/mol. The zero-order valence-electron chi connectivity index (χ0n) is 14.5. The molecule has 1 heterocycles. The van der Waals surface area contributed by atoms with Crippen LogP contribution in [0.25, 0.3) is 0 Å². The van der Waals surface area contributed by atoms with E-state index in [1.54, 1.807) is 0 Å². The Hall–Kier alpha value is -2.62. The number of aliphatic carboxylic acids is 1. The van der Waals surface area contributed by atoms with Crippen molar-refractivity contribution in [2.75, 3.05) is 30.9 Å². The second-order valence-electron chi connectivity index (χ2n) is 5.91. The van der Waals surface area contributed by atoms with E-state index in [9.17, 15) is 24.3 Å². The zero-order chi connectivity index (χ0) is 19.1. The topological polar surface area (TPSA) is 151 Å². The molecule has 10 nitrogen and oxygen atoms in total. The van der Waals surface area contributed by atoms with Crippen molar-refractivity contribution in [2.45, 2.75) is 33.2 Å². The van der Waals surface area contributed by atoms with E-state index in [1.807, 2.05) is 13.8 Å². The number of nitrogens with zero attached hydrogens (tertiary/aromatic N) is 2. The summed E-state index contributed by atoms with van der Waals surface area (Å²) in [6, 6.07) is 0. The molecule has 0 spiro atoms. The highest BCUT2D eigenvalue weighted by Crippen LogP contribution is 2.18. The van der Waals surface area contributed by atoms with Crippen molar-refractivity contribution < 1.29 is 19.4 Å². The Balaban J connectivity index is 3.37. The SMILES string of the molecule is COCCN(C(=O)CCC(=O)[O-])c1c(N)n(CC(C)C)c(=O)[nH]c1=O. The van der Waals surface area contributed by atoms with Gasteiger partial charge in [0, 0.05) is 32.6 Å². The monoisotopic (exact) mass is 355 g/mol. The molecule has 25 heavy (non-hydrogen) atoms. The summed E-state index contributed by atoms with van der Waals surface area (Å²) in [5, 5.41) is 10.6. The number of carboxylic acid groups (broad SMARTS) is 1. The maximum Gasteiger partial charge on any atom is 0.330 e. The van der Waals surface area contributed by atoms with Crippen LogP contribution < -0.4 is 27.0 Å². The lowest BCUT2D eigenvalue weighted by atomic mass is 10.2. The smallest absolute Gasteiger partial charge is 0.330 e. The molecular weight excluding hydrogens is 332 g/mol. The Morgan fingerprint density at radius 3 is 2.48 bits per heavy atom. The van der Waals surface area contributed by atoms with E-state index in [-0.39, 0.29) is 43.5 Å². The number of methoxy groups -OCH3 is 1. The summed E-state index contributed by atoms with van der Waals surface area (Å²) in [4.78, 5) is 50.3. The predicted molar refractivity (Wildman–Crippen MR) is 89.0 cm³/mol. The number of carbonyl (C=O) groups excluding carboxylic acids is 2. The molecule has 1 aromatic heterocycles. The molecule has 0 aliphatic rings. The Morgan fingerprint density at radius 2 is 1.96 bits per heavy atom. The highest BCUT2D eigenvalue weighted by atomic mass is 16.5. The van der Waals surface area contributed by atoms with Gasteiger partial charge in [0.25, 0.3) is 5.56 Å². The Bertz CT molecular complexity index is 737. The molecule has 140 valence electrons. The molecule has 0 aliphatic heterocycles. The summed E-state index contributed by atoms with van der Waals surface area (Å²) in [6.07, 6.45) is -0.861. The average Bonchev–Trinajstić information content (AvgIpc) is 2.51. The highest BCUT2D eigenvalue weighted by molar-refractivity contribution is 5.96. The molecule has 1 amide bonds. The predicted octanol–water partition coefficient (Wildman–Crippen LogP) is -1.72. The van der Waals surface area contributed by atoms with Gasteiger partial charge in [-0.2, -0.15) is 0 Å². The highest BCUT2D eigenvalue weighted by Gasteiger charge is 2.24. The van der Waals surface area contributed by atoms with Gasteiger partial charge in [0.1, 0.15) is 5.82 Å². The molecular formula is C15H23N4O6-. The van der Waals surface area contributed by atoms with Crippen LogP contribution in [0.5, 0.6) is 0 Å². The number of hydrogen-bond acceptors (Lipinski definition) is 7.